The molecule has 0 unspecified atom stereocenters. The Kier molecular flexibility index (Phi) is 3.76. The predicted molar refractivity (Wildman–Crippen MR) is 91.7 cm³/mol. The number of nitrogens with one attached hydrogen (secondary N) is 1. The molecule has 1 N–H and O–H groups in total. The van der Waals surface area contributed by atoms with Gasteiger partial charge in [-0.1, -0.05) is 30.3 Å². The number of hydrogen-bond acceptors (Lipinski definition) is 3. The van der Waals surface area contributed by atoms with E-state index in [1.165, 1.54) is 11.1 Å². The van der Waals surface area contributed by atoms with Crippen LogP contribution in [0.1, 0.15) is 23.6 Å². The van der Waals surface area contributed by atoms with Gasteiger partial charge in [0.1, 0.15) is 13.2 Å². The van der Waals surface area contributed by atoms with Gasteiger partial charge >= 0.3 is 6.03 Å². The minimum Gasteiger partial charge on any atom is -0.486 e. The Balaban J connectivity index is 1.53. The average Bonchev–Trinajstić information content (AvgIpc) is 3.05. The fraction of sp³-hybridized carbons (Fsp3) is 0.316. The first-order valence-corrected chi connectivity index (χ1v) is 8.24. The number of carbonyl (C=O) groups is 1. The van der Waals surface area contributed by atoms with Gasteiger partial charge in [-0.15, -0.1) is 0 Å². The van der Waals surface area contributed by atoms with E-state index in [4.69, 9.17) is 9.47 Å². The molecule has 0 saturated carbocycles. The molecule has 2 aromatic rings. The maximum absolute atomic E-state index is 12.7. The second-order valence-electron chi connectivity index (χ2n) is 6.12. The molecule has 0 spiro atoms. The summed E-state index contributed by atoms with van der Waals surface area (Å²) >= 11 is 0. The second-order valence-corrected chi connectivity index (χ2v) is 6.12. The highest BCUT2D eigenvalue weighted by Gasteiger charge is 2.29. The molecule has 2 aliphatic rings. The first-order chi connectivity index (χ1) is 11.7. The third-order valence-electron chi connectivity index (χ3n) is 4.70. The molecule has 1 aliphatic heterocycles. The Bertz CT molecular complexity index is 775. The molecule has 5 nitrogen and oxygen atoms in total. The quantitative estimate of drug-likeness (QED) is 0.918. The van der Waals surface area contributed by atoms with Crippen molar-refractivity contribution >= 4 is 11.7 Å². The summed E-state index contributed by atoms with van der Waals surface area (Å²) in [5.41, 5.74) is 3.22. The number of carbonyl (C=O) groups excluding carboxylic acids is 1. The van der Waals surface area contributed by atoms with Crippen LogP contribution in [0.2, 0.25) is 0 Å². The molecule has 0 saturated heterocycles. The van der Waals surface area contributed by atoms with Crippen LogP contribution in [0.25, 0.3) is 0 Å². The Morgan fingerprint density at radius 3 is 2.88 bits per heavy atom. The van der Waals surface area contributed by atoms with E-state index in [0.717, 1.165) is 12.8 Å². The second kappa shape index (κ2) is 6.07. The fourth-order valence-corrected chi connectivity index (χ4v) is 3.45. The van der Waals surface area contributed by atoms with Gasteiger partial charge in [0.2, 0.25) is 0 Å². The first-order valence-electron chi connectivity index (χ1n) is 8.24. The third-order valence-corrected chi connectivity index (χ3v) is 4.70. The minimum atomic E-state index is -0.140. The summed E-state index contributed by atoms with van der Waals surface area (Å²) in [5, 5.41) is 2.96. The molecule has 4 rings (SSSR count). The van der Waals surface area contributed by atoms with Crippen LogP contribution in [0.15, 0.2) is 42.5 Å². The van der Waals surface area contributed by atoms with Crippen molar-refractivity contribution in [3.05, 3.63) is 53.6 Å². The molecule has 24 heavy (non-hydrogen) atoms. The van der Waals surface area contributed by atoms with Crippen molar-refractivity contribution in [2.75, 3.05) is 25.6 Å². The van der Waals surface area contributed by atoms with Gasteiger partial charge in [-0.2, -0.15) is 0 Å². The summed E-state index contributed by atoms with van der Waals surface area (Å²) in [7, 11) is 1.84. The lowest BCUT2D eigenvalue weighted by molar-refractivity contribution is 0.172. The van der Waals surface area contributed by atoms with Crippen LogP contribution in [0, 0.1) is 0 Å². The number of ether oxygens (including phenoxy) is 2. The van der Waals surface area contributed by atoms with Gasteiger partial charge in [0, 0.05) is 7.05 Å². The van der Waals surface area contributed by atoms with Gasteiger partial charge < -0.3 is 19.7 Å². The largest absolute Gasteiger partial charge is 0.486 e. The number of para-hydroxylation sites is 1. The molecule has 0 bridgehead atoms. The molecular weight excluding hydrogens is 304 g/mol. The smallest absolute Gasteiger partial charge is 0.322 e. The number of rotatable bonds is 2. The SMILES string of the molecule is CN(C(=O)Nc1cccc2c1OCCO2)[C@@H]1CCc2ccccc21. The van der Waals surface area contributed by atoms with Gasteiger partial charge in [-0.05, 0) is 36.1 Å². The van der Waals surface area contributed by atoms with Gasteiger partial charge in [0.05, 0.1) is 11.7 Å². The van der Waals surface area contributed by atoms with Crippen molar-refractivity contribution in [1.29, 1.82) is 0 Å². The number of urea groups is 1. The fourth-order valence-electron chi connectivity index (χ4n) is 3.45. The van der Waals surface area contributed by atoms with E-state index < -0.39 is 0 Å². The number of benzene rings is 2. The minimum absolute atomic E-state index is 0.109. The van der Waals surface area contributed by atoms with Crippen LogP contribution in [0.4, 0.5) is 10.5 Å². The summed E-state index contributed by atoms with van der Waals surface area (Å²) < 4.78 is 11.2. The summed E-state index contributed by atoms with van der Waals surface area (Å²) in [6, 6.07) is 13.8. The molecule has 1 aliphatic carbocycles. The molecule has 2 aromatic carbocycles. The molecular formula is C19H20N2O3. The molecule has 124 valence electrons. The first kappa shape index (κ1) is 14.9. The molecule has 5 heteroatoms. The third kappa shape index (κ3) is 2.56. The average molecular weight is 324 g/mol. The van der Waals surface area contributed by atoms with Crippen molar-refractivity contribution in [3.8, 4) is 11.5 Å². The summed E-state index contributed by atoms with van der Waals surface area (Å²) in [5.74, 6) is 1.28. The van der Waals surface area contributed by atoms with E-state index in [1.54, 1.807) is 4.90 Å². The van der Waals surface area contributed by atoms with Crippen LogP contribution in [-0.4, -0.2) is 31.2 Å². The van der Waals surface area contributed by atoms with E-state index >= 15 is 0 Å². The zero-order valence-corrected chi connectivity index (χ0v) is 13.6. The van der Waals surface area contributed by atoms with Crippen molar-refractivity contribution < 1.29 is 14.3 Å². The van der Waals surface area contributed by atoms with Crippen LogP contribution < -0.4 is 14.8 Å². The number of fused-ring (bicyclic) bond motifs is 2. The maximum atomic E-state index is 12.7. The molecule has 0 radical (unpaired) electrons. The summed E-state index contributed by atoms with van der Waals surface area (Å²) in [6.45, 7) is 1.02. The van der Waals surface area contributed by atoms with Crippen LogP contribution in [-0.2, 0) is 6.42 Å². The highest BCUT2D eigenvalue weighted by molar-refractivity contribution is 5.92. The van der Waals surface area contributed by atoms with E-state index in [0.29, 0.717) is 30.4 Å². The summed E-state index contributed by atoms with van der Waals surface area (Å²) in [6.07, 6.45) is 1.96. The lowest BCUT2D eigenvalue weighted by Gasteiger charge is -2.27. The predicted octanol–water partition coefficient (Wildman–Crippen LogP) is 3.61. The number of amides is 2. The number of nitrogens with zero attached hydrogens (tertiary/aromatic N) is 1. The van der Waals surface area contributed by atoms with Crippen molar-refractivity contribution in [2.24, 2.45) is 0 Å². The Morgan fingerprint density at radius 2 is 1.96 bits per heavy atom. The Morgan fingerprint density at radius 1 is 1.12 bits per heavy atom. The van der Waals surface area contributed by atoms with Crippen LogP contribution >= 0.6 is 0 Å². The van der Waals surface area contributed by atoms with E-state index in [9.17, 15) is 4.79 Å². The highest BCUT2D eigenvalue weighted by Crippen LogP contribution is 2.38. The van der Waals surface area contributed by atoms with E-state index in [1.807, 2.05) is 31.3 Å². The lowest BCUT2D eigenvalue weighted by Crippen LogP contribution is -2.34. The number of anilines is 1. The number of aryl methyl sites for hydroxylation is 1. The van der Waals surface area contributed by atoms with Crippen molar-refractivity contribution in [3.63, 3.8) is 0 Å². The normalized spacial score (nSPS) is 18.0. The lowest BCUT2D eigenvalue weighted by atomic mass is 10.1. The Labute approximate surface area is 141 Å². The summed E-state index contributed by atoms with van der Waals surface area (Å²) in [4.78, 5) is 14.5. The maximum Gasteiger partial charge on any atom is 0.322 e. The van der Waals surface area contributed by atoms with Gasteiger partial charge in [-0.25, -0.2) is 4.79 Å². The standard InChI is InChI=1S/C19H20N2O3/c1-21(16-10-9-13-5-2-3-6-14(13)16)19(22)20-15-7-4-8-17-18(15)24-12-11-23-17/h2-8,16H,9-12H2,1H3,(H,20,22)/t16-/m1/s1. The Hall–Kier alpha value is -2.69. The topological polar surface area (TPSA) is 50.8 Å². The molecule has 0 aromatic heterocycles. The zero-order valence-electron chi connectivity index (χ0n) is 13.6. The zero-order chi connectivity index (χ0) is 16.5. The molecule has 0 fully saturated rings. The van der Waals surface area contributed by atoms with E-state index in [2.05, 4.69) is 23.5 Å². The van der Waals surface area contributed by atoms with Gasteiger partial charge in [0.25, 0.3) is 0 Å². The van der Waals surface area contributed by atoms with Gasteiger partial charge in [0.15, 0.2) is 11.5 Å². The van der Waals surface area contributed by atoms with Crippen LogP contribution in [0.5, 0.6) is 11.5 Å². The van der Waals surface area contributed by atoms with Crippen molar-refractivity contribution in [1.82, 2.24) is 4.90 Å². The highest BCUT2D eigenvalue weighted by atomic mass is 16.6. The van der Waals surface area contributed by atoms with Crippen LogP contribution in [0.3, 0.4) is 0 Å². The monoisotopic (exact) mass is 324 g/mol. The van der Waals surface area contributed by atoms with Gasteiger partial charge in [-0.3, -0.25) is 0 Å². The molecule has 2 amide bonds. The van der Waals surface area contributed by atoms with Crippen molar-refractivity contribution in [2.45, 2.75) is 18.9 Å². The molecule has 1 atom stereocenters. The van der Waals surface area contributed by atoms with E-state index in [-0.39, 0.29) is 12.1 Å². The molecule has 1 heterocycles. The number of hydrogen-bond donors (Lipinski definition) is 1.